The Hall–Kier alpha value is -0.820. The standard InChI is InChI=1S/C20H35N/c1-8-9-14(2)10-18(21)13-19-15(3)11-17(12-16(19)4)20(5,6)7/h11-12,14,18H,8-10,13,21H2,1-7H3. The van der Waals surface area contributed by atoms with Gasteiger partial charge in [-0.1, -0.05) is 59.6 Å². The molecule has 0 aliphatic rings. The first-order valence-corrected chi connectivity index (χ1v) is 8.51. The summed E-state index contributed by atoms with van der Waals surface area (Å²) in [6.45, 7) is 15.9. The highest BCUT2D eigenvalue weighted by molar-refractivity contribution is 5.40. The lowest BCUT2D eigenvalue weighted by Crippen LogP contribution is -2.26. The minimum Gasteiger partial charge on any atom is -0.327 e. The lowest BCUT2D eigenvalue weighted by atomic mass is 9.82. The van der Waals surface area contributed by atoms with E-state index in [1.807, 2.05) is 0 Å². The molecule has 0 heterocycles. The van der Waals surface area contributed by atoms with Gasteiger partial charge in [-0.15, -0.1) is 0 Å². The maximum absolute atomic E-state index is 6.40. The van der Waals surface area contributed by atoms with E-state index in [9.17, 15) is 0 Å². The smallest absolute Gasteiger partial charge is 0.00820 e. The van der Waals surface area contributed by atoms with E-state index < -0.39 is 0 Å². The molecule has 0 aromatic heterocycles. The number of hydrogen-bond acceptors (Lipinski definition) is 1. The molecule has 21 heavy (non-hydrogen) atoms. The Morgan fingerprint density at radius 1 is 1.10 bits per heavy atom. The Labute approximate surface area is 132 Å². The average molecular weight is 290 g/mol. The summed E-state index contributed by atoms with van der Waals surface area (Å²) < 4.78 is 0. The van der Waals surface area contributed by atoms with Gasteiger partial charge in [0.05, 0.1) is 0 Å². The molecule has 1 heteroatoms. The molecule has 0 aliphatic heterocycles. The number of benzene rings is 1. The van der Waals surface area contributed by atoms with Crippen molar-refractivity contribution in [1.82, 2.24) is 0 Å². The van der Waals surface area contributed by atoms with Crippen LogP contribution in [0.4, 0.5) is 0 Å². The third-order valence-corrected chi connectivity index (χ3v) is 4.51. The van der Waals surface area contributed by atoms with Crippen LogP contribution in [0, 0.1) is 19.8 Å². The van der Waals surface area contributed by atoms with Crippen molar-refractivity contribution in [2.24, 2.45) is 11.7 Å². The number of nitrogens with two attached hydrogens (primary N) is 1. The molecule has 2 atom stereocenters. The van der Waals surface area contributed by atoms with Crippen molar-refractivity contribution in [1.29, 1.82) is 0 Å². The monoisotopic (exact) mass is 289 g/mol. The molecule has 0 saturated carbocycles. The molecule has 0 bridgehead atoms. The van der Waals surface area contributed by atoms with Crippen LogP contribution in [-0.2, 0) is 11.8 Å². The van der Waals surface area contributed by atoms with E-state index in [0.29, 0.717) is 0 Å². The Morgan fingerprint density at radius 2 is 1.62 bits per heavy atom. The molecule has 2 unspecified atom stereocenters. The molecule has 0 spiro atoms. The quantitative estimate of drug-likeness (QED) is 0.756. The average Bonchev–Trinajstić information content (AvgIpc) is 2.32. The molecule has 1 rings (SSSR count). The van der Waals surface area contributed by atoms with Crippen LogP contribution in [0.2, 0.25) is 0 Å². The van der Waals surface area contributed by atoms with Gasteiger partial charge in [0.1, 0.15) is 0 Å². The van der Waals surface area contributed by atoms with Gasteiger partial charge in [0.15, 0.2) is 0 Å². The highest BCUT2D eigenvalue weighted by Crippen LogP contribution is 2.28. The molecule has 1 aromatic carbocycles. The molecule has 2 N–H and O–H groups in total. The maximum atomic E-state index is 6.40. The zero-order chi connectivity index (χ0) is 16.2. The predicted molar refractivity (Wildman–Crippen MR) is 95.0 cm³/mol. The lowest BCUT2D eigenvalue weighted by Gasteiger charge is -2.24. The minimum absolute atomic E-state index is 0.214. The van der Waals surface area contributed by atoms with Gasteiger partial charge in [-0.25, -0.2) is 0 Å². The molecule has 120 valence electrons. The largest absolute Gasteiger partial charge is 0.327 e. The molecular formula is C20H35N. The van der Waals surface area contributed by atoms with Crippen LogP contribution in [0.3, 0.4) is 0 Å². The molecular weight excluding hydrogens is 254 g/mol. The van der Waals surface area contributed by atoms with E-state index in [1.54, 1.807) is 0 Å². The summed E-state index contributed by atoms with van der Waals surface area (Å²) in [6, 6.07) is 4.99. The maximum Gasteiger partial charge on any atom is 0.00820 e. The second-order valence-electron chi connectivity index (χ2n) is 7.93. The van der Waals surface area contributed by atoms with Crippen LogP contribution in [0.5, 0.6) is 0 Å². The van der Waals surface area contributed by atoms with Crippen LogP contribution in [-0.4, -0.2) is 6.04 Å². The minimum atomic E-state index is 0.214. The van der Waals surface area contributed by atoms with Gasteiger partial charge >= 0.3 is 0 Å². The second kappa shape index (κ2) is 7.45. The Bertz CT molecular complexity index is 430. The molecule has 0 saturated heterocycles. The summed E-state index contributed by atoms with van der Waals surface area (Å²) >= 11 is 0. The Balaban J connectivity index is 2.85. The summed E-state index contributed by atoms with van der Waals surface area (Å²) in [4.78, 5) is 0. The molecule has 0 aliphatic carbocycles. The van der Waals surface area contributed by atoms with E-state index in [1.165, 1.54) is 35.1 Å². The molecule has 0 fully saturated rings. The first-order chi connectivity index (χ1) is 9.65. The number of aryl methyl sites for hydroxylation is 2. The third kappa shape index (κ3) is 5.47. The molecule has 1 nitrogen and oxygen atoms in total. The highest BCUT2D eigenvalue weighted by Gasteiger charge is 2.18. The van der Waals surface area contributed by atoms with E-state index in [0.717, 1.165) is 18.8 Å². The van der Waals surface area contributed by atoms with Crippen molar-refractivity contribution < 1.29 is 0 Å². The van der Waals surface area contributed by atoms with Gasteiger partial charge < -0.3 is 5.73 Å². The lowest BCUT2D eigenvalue weighted by molar-refractivity contribution is 0.431. The van der Waals surface area contributed by atoms with Gasteiger partial charge in [0.25, 0.3) is 0 Å². The Kier molecular flexibility index (Phi) is 6.46. The summed E-state index contributed by atoms with van der Waals surface area (Å²) in [6.07, 6.45) is 4.69. The fourth-order valence-corrected chi connectivity index (χ4v) is 3.22. The van der Waals surface area contributed by atoms with Gasteiger partial charge in [-0.2, -0.15) is 0 Å². The highest BCUT2D eigenvalue weighted by atomic mass is 14.6. The molecule has 1 aromatic rings. The van der Waals surface area contributed by atoms with Crippen molar-refractivity contribution in [2.45, 2.75) is 85.6 Å². The summed E-state index contributed by atoms with van der Waals surface area (Å²) in [5.74, 6) is 0.736. The van der Waals surface area contributed by atoms with Crippen LogP contribution >= 0.6 is 0 Å². The summed E-state index contributed by atoms with van der Waals surface area (Å²) in [7, 11) is 0. The Morgan fingerprint density at radius 3 is 2.05 bits per heavy atom. The van der Waals surface area contributed by atoms with Crippen molar-refractivity contribution in [3.8, 4) is 0 Å². The van der Waals surface area contributed by atoms with Gasteiger partial charge in [-0.3, -0.25) is 0 Å². The zero-order valence-electron chi connectivity index (χ0n) is 15.2. The zero-order valence-corrected chi connectivity index (χ0v) is 15.2. The molecule has 0 radical (unpaired) electrons. The predicted octanol–water partition coefficient (Wildman–Crippen LogP) is 5.30. The van der Waals surface area contributed by atoms with Crippen LogP contribution < -0.4 is 5.73 Å². The van der Waals surface area contributed by atoms with Crippen molar-refractivity contribution >= 4 is 0 Å². The van der Waals surface area contributed by atoms with Crippen LogP contribution in [0.25, 0.3) is 0 Å². The van der Waals surface area contributed by atoms with E-state index in [2.05, 4.69) is 60.6 Å². The van der Waals surface area contributed by atoms with E-state index >= 15 is 0 Å². The van der Waals surface area contributed by atoms with Crippen LogP contribution in [0.15, 0.2) is 12.1 Å². The van der Waals surface area contributed by atoms with Crippen LogP contribution in [0.1, 0.15) is 76.1 Å². The molecule has 0 amide bonds. The fourth-order valence-electron chi connectivity index (χ4n) is 3.22. The topological polar surface area (TPSA) is 26.0 Å². The first-order valence-electron chi connectivity index (χ1n) is 8.51. The number of rotatable bonds is 6. The van der Waals surface area contributed by atoms with Crippen molar-refractivity contribution in [2.75, 3.05) is 0 Å². The van der Waals surface area contributed by atoms with E-state index in [4.69, 9.17) is 5.73 Å². The first kappa shape index (κ1) is 18.2. The summed E-state index contributed by atoms with van der Waals surface area (Å²) in [5.41, 5.74) is 12.3. The van der Waals surface area contributed by atoms with Crippen molar-refractivity contribution in [3.05, 3.63) is 34.4 Å². The normalized spacial score (nSPS) is 15.0. The van der Waals surface area contributed by atoms with Crippen molar-refractivity contribution in [3.63, 3.8) is 0 Å². The van der Waals surface area contributed by atoms with Gasteiger partial charge in [0, 0.05) is 6.04 Å². The fraction of sp³-hybridized carbons (Fsp3) is 0.700. The second-order valence-corrected chi connectivity index (χ2v) is 7.93. The summed E-state index contributed by atoms with van der Waals surface area (Å²) in [5, 5.41) is 0. The van der Waals surface area contributed by atoms with E-state index in [-0.39, 0.29) is 11.5 Å². The van der Waals surface area contributed by atoms with Gasteiger partial charge in [0.2, 0.25) is 0 Å². The SMILES string of the molecule is CCCC(C)CC(N)Cc1c(C)cc(C(C)(C)C)cc1C. The third-order valence-electron chi connectivity index (χ3n) is 4.51. The number of hydrogen-bond donors (Lipinski definition) is 1. The van der Waals surface area contributed by atoms with Gasteiger partial charge in [-0.05, 0) is 60.3 Å².